The molecule has 1 aliphatic rings. The number of nitrogens with one attached hydrogen (secondary N) is 1. The third kappa shape index (κ3) is 7.76. The van der Waals surface area contributed by atoms with Gasteiger partial charge in [-0.2, -0.15) is 13.6 Å². The lowest BCUT2D eigenvalue weighted by Gasteiger charge is -2.19. The Morgan fingerprint density at radius 1 is 1.12 bits per heavy atom. The highest BCUT2D eigenvalue weighted by atomic mass is 31.3. The number of rotatable bonds is 11. The normalized spacial score (nSPS) is 27.6. The van der Waals surface area contributed by atoms with Crippen LogP contribution in [0.4, 0.5) is 5.82 Å². The first-order valence-electron chi connectivity index (χ1n) is 8.41. The van der Waals surface area contributed by atoms with Crippen LogP contribution in [-0.2, 0) is 36.4 Å². The Morgan fingerprint density at radius 2 is 1.78 bits per heavy atom. The smallest absolute Gasteiger partial charge is 0.387 e. The Morgan fingerprint density at radius 3 is 2.34 bits per heavy atom. The van der Waals surface area contributed by atoms with E-state index in [2.05, 4.69) is 23.6 Å². The van der Waals surface area contributed by atoms with Crippen LogP contribution in [0.1, 0.15) is 13.2 Å². The van der Waals surface area contributed by atoms with Crippen LogP contribution in [0.3, 0.4) is 0 Å². The molecule has 1 saturated heterocycles. The van der Waals surface area contributed by atoms with Crippen LogP contribution in [0.15, 0.2) is 17.1 Å². The third-order valence-corrected chi connectivity index (χ3v) is 7.38. The van der Waals surface area contributed by atoms with Gasteiger partial charge in [0.25, 0.3) is 0 Å². The van der Waals surface area contributed by atoms with Crippen molar-refractivity contribution >= 4 is 29.3 Å². The molecule has 0 aliphatic carbocycles. The number of nitrogens with zero attached hydrogens (tertiary/aromatic N) is 2. The average Bonchev–Trinajstić information content (AvgIpc) is 2.90. The summed E-state index contributed by atoms with van der Waals surface area (Å²) in [6, 6.07) is 1.29. The van der Waals surface area contributed by atoms with Crippen LogP contribution < -0.4 is 11.2 Å². The lowest BCUT2D eigenvalue weighted by atomic mass is 10.1. The van der Waals surface area contributed by atoms with Crippen molar-refractivity contribution in [1.82, 2.24) is 9.55 Å². The molecule has 1 fully saturated rings. The van der Waals surface area contributed by atoms with Gasteiger partial charge in [-0.25, -0.2) is 24.0 Å². The van der Waals surface area contributed by atoms with Crippen LogP contribution in [0.2, 0.25) is 0 Å². The lowest BCUT2D eigenvalue weighted by Crippen LogP contribution is -2.36. The summed E-state index contributed by atoms with van der Waals surface area (Å²) >= 11 is 0. The molecule has 184 valence electrons. The molecule has 6 atom stereocenters. The predicted molar refractivity (Wildman–Crippen MR) is 99.5 cm³/mol. The van der Waals surface area contributed by atoms with Crippen LogP contribution in [0.5, 0.6) is 0 Å². The molecule has 7 N–H and O–H groups in total. The number of aliphatic hydroxyl groups excluding tert-OH is 2. The maximum atomic E-state index is 12.1. The molecule has 32 heavy (non-hydrogen) atoms. The summed E-state index contributed by atoms with van der Waals surface area (Å²) in [5.74, 6) is 0.0466. The maximum absolute atomic E-state index is 12.1. The van der Waals surface area contributed by atoms with E-state index in [1.54, 1.807) is 6.92 Å². The first kappa shape index (κ1) is 27.2. The van der Waals surface area contributed by atoms with Crippen molar-refractivity contribution in [1.29, 1.82) is 0 Å². The van der Waals surface area contributed by atoms with E-state index in [1.165, 1.54) is 6.07 Å². The van der Waals surface area contributed by atoms with Gasteiger partial charge < -0.3 is 34.5 Å². The molecule has 2 heterocycles. The summed E-state index contributed by atoms with van der Waals surface area (Å²) in [5, 5.41) is 20.2. The van der Waals surface area contributed by atoms with Crippen molar-refractivity contribution in [2.24, 2.45) is 0 Å². The molecule has 0 bridgehead atoms. The van der Waals surface area contributed by atoms with E-state index in [0.29, 0.717) is 0 Å². The van der Waals surface area contributed by atoms with Crippen molar-refractivity contribution < 1.29 is 66.2 Å². The zero-order chi connectivity index (χ0) is 24.3. The second-order valence-corrected chi connectivity index (χ2v) is 10.4. The fourth-order valence-corrected chi connectivity index (χ4v) is 5.41. The number of hydrogen-bond acceptors (Lipinski definition) is 13. The van der Waals surface area contributed by atoms with E-state index < -0.39 is 60.3 Å². The van der Waals surface area contributed by atoms with Crippen LogP contribution in [0.25, 0.3) is 0 Å². The van der Waals surface area contributed by atoms with Crippen molar-refractivity contribution in [3.8, 4) is 0 Å². The lowest BCUT2D eigenvalue weighted by molar-refractivity contribution is -0.0541. The highest BCUT2D eigenvalue weighted by molar-refractivity contribution is 7.66. The molecule has 0 amide bonds. The van der Waals surface area contributed by atoms with Gasteiger partial charge in [0, 0.05) is 6.20 Å². The molecule has 1 aliphatic heterocycles. The van der Waals surface area contributed by atoms with Gasteiger partial charge >= 0.3 is 29.2 Å². The molecular formula is C11H20N3O15P3. The van der Waals surface area contributed by atoms with Gasteiger partial charge in [-0.3, -0.25) is 13.9 Å². The number of anilines is 1. The largest absolute Gasteiger partial charge is 0.490 e. The van der Waals surface area contributed by atoms with E-state index in [9.17, 15) is 33.6 Å². The van der Waals surface area contributed by atoms with Crippen LogP contribution >= 0.6 is 23.5 Å². The van der Waals surface area contributed by atoms with Crippen molar-refractivity contribution in [3.63, 3.8) is 0 Å². The van der Waals surface area contributed by atoms with Gasteiger partial charge in [0.1, 0.15) is 18.3 Å². The molecule has 18 nitrogen and oxygen atoms in total. The highest BCUT2D eigenvalue weighted by Gasteiger charge is 2.46. The molecule has 0 radical (unpaired) electrons. The summed E-state index contributed by atoms with van der Waals surface area (Å²) in [7, 11) is -16.8. The fraction of sp³-hybridized carbons (Fsp3) is 0.636. The van der Waals surface area contributed by atoms with Crippen molar-refractivity contribution in [2.75, 3.05) is 18.7 Å². The minimum atomic E-state index is -5.73. The number of phosphoric acid groups is 3. The minimum Gasteiger partial charge on any atom is -0.387 e. The second-order valence-electron chi connectivity index (χ2n) is 5.97. The Kier molecular flexibility index (Phi) is 8.89. The zero-order valence-electron chi connectivity index (χ0n) is 16.0. The molecular weight excluding hydrogens is 507 g/mol. The van der Waals surface area contributed by atoms with E-state index in [1.807, 2.05) is 0 Å². The van der Waals surface area contributed by atoms with Gasteiger partial charge in [0.2, 0.25) is 0 Å². The fourth-order valence-electron chi connectivity index (χ4n) is 2.38. The molecule has 0 saturated carbocycles. The number of aliphatic hydroxyl groups is 2. The molecule has 2 rings (SSSR count). The summed E-state index contributed by atoms with van der Waals surface area (Å²) in [6.07, 6.45) is -5.38. The van der Waals surface area contributed by atoms with Crippen molar-refractivity contribution in [3.05, 3.63) is 22.7 Å². The molecule has 0 aromatic carbocycles. The Balaban J connectivity index is 2.04. The van der Waals surface area contributed by atoms with E-state index in [-0.39, 0.29) is 12.4 Å². The maximum Gasteiger partial charge on any atom is 0.490 e. The van der Waals surface area contributed by atoms with Gasteiger partial charge in [-0.15, -0.1) is 0 Å². The van der Waals surface area contributed by atoms with E-state index in [0.717, 1.165) is 10.8 Å². The number of phosphoric ester groups is 1. The van der Waals surface area contributed by atoms with Gasteiger partial charge in [0.15, 0.2) is 12.0 Å². The van der Waals surface area contributed by atoms with Crippen molar-refractivity contribution in [2.45, 2.75) is 31.5 Å². The van der Waals surface area contributed by atoms with E-state index >= 15 is 0 Å². The SMILES string of the molecule is CCONc1ccn([C@@H]2O[C@H](COP(=O)(O)OP(=O)(O)OP(=O)(O)O)[C@@H](O)[C@H]2O)c(=O)n1. The summed E-state index contributed by atoms with van der Waals surface area (Å²) < 4.78 is 51.1. The number of ether oxygens (including phenoxy) is 1. The topological polar surface area (TPSA) is 266 Å². The highest BCUT2D eigenvalue weighted by Crippen LogP contribution is 2.66. The molecule has 0 spiro atoms. The first-order valence-corrected chi connectivity index (χ1v) is 12.9. The van der Waals surface area contributed by atoms with E-state index in [4.69, 9.17) is 24.3 Å². The second kappa shape index (κ2) is 10.5. The minimum absolute atomic E-state index is 0.0466. The molecule has 1 aromatic rings. The number of aromatic nitrogens is 2. The summed E-state index contributed by atoms with van der Waals surface area (Å²) in [5.41, 5.74) is 1.46. The van der Waals surface area contributed by atoms with Crippen LogP contribution in [0, 0.1) is 0 Å². The first-order chi connectivity index (χ1) is 14.6. The zero-order valence-corrected chi connectivity index (χ0v) is 18.7. The predicted octanol–water partition coefficient (Wildman–Crippen LogP) is -1.43. The Hall–Kier alpha value is -1.07. The number of hydrogen-bond donors (Lipinski definition) is 7. The molecule has 2 unspecified atom stereocenters. The average molecular weight is 527 g/mol. The van der Waals surface area contributed by atoms with Crippen LogP contribution in [-0.4, -0.2) is 70.9 Å². The van der Waals surface area contributed by atoms with Gasteiger partial charge in [-0.05, 0) is 13.0 Å². The van der Waals surface area contributed by atoms with Gasteiger partial charge in [0.05, 0.1) is 13.2 Å². The third-order valence-electron chi connectivity index (χ3n) is 3.58. The summed E-state index contributed by atoms with van der Waals surface area (Å²) in [6.45, 7) is 0.935. The summed E-state index contributed by atoms with van der Waals surface area (Å²) in [4.78, 5) is 56.1. The molecule has 1 aromatic heterocycles. The Labute approximate surface area is 178 Å². The van der Waals surface area contributed by atoms with Gasteiger partial charge in [-0.1, -0.05) is 0 Å². The quantitative estimate of drug-likeness (QED) is 0.128. The standard InChI is InChI=1S/C11H20N3O15P3/c1-2-25-13-7-3-4-14(11(17)12-7)10-9(16)8(15)6(27-10)5-26-31(21,22)29-32(23,24)28-30(18,19)20/h3-4,6,8-10,15-16H,2,5H2,1H3,(H,21,22)(H,23,24)(H,12,13,17)(H2,18,19,20)/t6-,8-,9-,10-/m1/s1. The Bertz CT molecular complexity index is 996. The molecule has 21 heteroatoms. The monoisotopic (exact) mass is 527 g/mol.